The van der Waals surface area contributed by atoms with Gasteiger partial charge >= 0.3 is 0 Å². The average molecular weight is 333 g/mol. The van der Waals surface area contributed by atoms with Crippen molar-refractivity contribution < 1.29 is 9.90 Å². The minimum atomic E-state index is -0.0676. The first-order valence-electron chi connectivity index (χ1n) is 9.00. The summed E-state index contributed by atoms with van der Waals surface area (Å²) in [7, 11) is 1.94. The van der Waals surface area contributed by atoms with Crippen LogP contribution in [0.1, 0.15) is 33.1 Å². The van der Waals surface area contributed by atoms with Gasteiger partial charge in [0.25, 0.3) is 0 Å². The molecule has 1 heterocycles. The largest absolute Gasteiger partial charge is 0.395 e. The van der Waals surface area contributed by atoms with Crippen LogP contribution in [0.3, 0.4) is 0 Å². The molecule has 1 aromatic rings. The lowest BCUT2D eigenvalue weighted by Crippen LogP contribution is -2.49. The van der Waals surface area contributed by atoms with Crippen molar-refractivity contribution in [1.82, 2.24) is 4.90 Å². The predicted molar refractivity (Wildman–Crippen MR) is 99.5 cm³/mol. The molecule has 0 spiro atoms. The average Bonchev–Trinajstić information content (AvgIpc) is 2.56. The van der Waals surface area contributed by atoms with Gasteiger partial charge in [0.1, 0.15) is 0 Å². The first kappa shape index (κ1) is 18.7. The summed E-state index contributed by atoms with van der Waals surface area (Å²) >= 11 is 0. The van der Waals surface area contributed by atoms with E-state index in [1.165, 1.54) is 19.3 Å². The molecule has 0 aromatic heterocycles. The van der Waals surface area contributed by atoms with Gasteiger partial charge in [-0.15, -0.1) is 0 Å². The second-order valence-corrected chi connectivity index (χ2v) is 6.97. The third kappa shape index (κ3) is 4.95. The van der Waals surface area contributed by atoms with Crippen LogP contribution in [0.4, 0.5) is 11.4 Å². The summed E-state index contributed by atoms with van der Waals surface area (Å²) in [6.07, 6.45) is 3.64. The fourth-order valence-electron chi connectivity index (χ4n) is 3.38. The molecule has 1 saturated heterocycles. The zero-order chi connectivity index (χ0) is 17.5. The third-order valence-electron chi connectivity index (χ3n) is 4.70. The predicted octanol–water partition coefficient (Wildman–Crippen LogP) is 2.56. The summed E-state index contributed by atoms with van der Waals surface area (Å²) in [5.41, 5.74) is 1.85. The number of nitrogens with one attached hydrogen (secondary N) is 1. The molecule has 0 radical (unpaired) electrons. The first-order valence-corrected chi connectivity index (χ1v) is 9.00. The van der Waals surface area contributed by atoms with Crippen LogP contribution in [-0.2, 0) is 4.79 Å². The molecule has 0 bridgehead atoms. The van der Waals surface area contributed by atoms with E-state index in [0.29, 0.717) is 6.54 Å². The van der Waals surface area contributed by atoms with Crippen molar-refractivity contribution in [2.75, 3.05) is 43.5 Å². The molecule has 1 aliphatic rings. The van der Waals surface area contributed by atoms with Gasteiger partial charge in [-0.2, -0.15) is 0 Å². The number of hydrogen-bond acceptors (Lipinski definition) is 4. The molecule has 1 unspecified atom stereocenters. The number of carbonyl (C=O) groups excluding carboxylic acids is 1. The Hall–Kier alpha value is -1.59. The van der Waals surface area contributed by atoms with Crippen LogP contribution in [0.25, 0.3) is 0 Å². The Morgan fingerprint density at radius 2 is 1.83 bits per heavy atom. The topological polar surface area (TPSA) is 55.8 Å². The number of likely N-dealkylation sites (tertiary alicyclic amines) is 1. The normalized spacial score (nSPS) is 16.9. The Morgan fingerprint density at radius 1 is 1.21 bits per heavy atom. The van der Waals surface area contributed by atoms with Crippen LogP contribution in [0.2, 0.25) is 0 Å². The maximum absolute atomic E-state index is 12.8. The van der Waals surface area contributed by atoms with E-state index < -0.39 is 0 Å². The highest BCUT2D eigenvalue weighted by atomic mass is 16.3. The highest BCUT2D eigenvalue weighted by Gasteiger charge is 2.29. The second-order valence-electron chi connectivity index (χ2n) is 6.97. The standard InChI is InChI=1S/C19H31N3O2/c1-15(2)18(22-11-5-4-6-12-22)19(24)20-16-7-9-17(10-8-16)21(3)13-14-23/h7-10,15,18,23H,4-6,11-14H2,1-3H3,(H,20,24). The molecule has 5 nitrogen and oxygen atoms in total. The molecule has 1 aliphatic heterocycles. The molecule has 2 N–H and O–H groups in total. The first-order chi connectivity index (χ1) is 11.5. The molecular weight excluding hydrogens is 302 g/mol. The van der Waals surface area contributed by atoms with Crippen molar-refractivity contribution in [2.24, 2.45) is 5.92 Å². The van der Waals surface area contributed by atoms with Crippen LogP contribution in [0, 0.1) is 5.92 Å². The number of piperidine rings is 1. The van der Waals surface area contributed by atoms with Crippen molar-refractivity contribution in [3.63, 3.8) is 0 Å². The van der Waals surface area contributed by atoms with Crippen molar-refractivity contribution in [3.05, 3.63) is 24.3 Å². The molecular formula is C19H31N3O2. The molecule has 134 valence electrons. The van der Waals surface area contributed by atoms with Gasteiger partial charge in [-0.1, -0.05) is 20.3 Å². The number of aliphatic hydroxyl groups excluding tert-OH is 1. The molecule has 0 saturated carbocycles. The molecule has 0 aliphatic carbocycles. The summed E-state index contributed by atoms with van der Waals surface area (Å²) < 4.78 is 0. The Labute approximate surface area is 145 Å². The van der Waals surface area contributed by atoms with E-state index in [-0.39, 0.29) is 24.5 Å². The Kier molecular flexibility index (Phi) is 7.06. The number of rotatable bonds is 7. The van der Waals surface area contributed by atoms with Gasteiger partial charge in [0.15, 0.2) is 0 Å². The lowest BCUT2D eigenvalue weighted by Gasteiger charge is -2.35. The van der Waals surface area contributed by atoms with Gasteiger partial charge in [0.05, 0.1) is 12.6 Å². The number of likely N-dealkylation sites (N-methyl/N-ethyl adjacent to an activating group) is 1. The minimum absolute atomic E-state index is 0.0676. The number of amides is 1. The molecule has 24 heavy (non-hydrogen) atoms. The molecule has 1 fully saturated rings. The van der Waals surface area contributed by atoms with Gasteiger partial charge in [0.2, 0.25) is 5.91 Å². The van der Waals surface area contributed by atoms with Crippen LogP contribution in [-0.4, -0.2) is 55.2 Å². The second kappa shape index (κ2) is 9.04. The molecule has 2 rings (SSSR count). The molecule has 1 aromatic carbocycles. The number of hydrogen-bond donors (Lipinski definition) is 2. The van der Waals surface area contributed by atoms with E-state index in [9.17, 15) is 4.79 Å². The molecule has 5 heteroatoms. The lowest BCUT2D eigenvalue weighted by atomic mass is 9.98. The van der Waals surface area contributed by atoms with Crippen LogP contribution in [0.15, 0.2) is 24.3 Å². The summed E-state index contributed by atoms with van der Waals surface area (Å²) in [6.45, 7) is 6.98. The maximum Gasteiger partial charge on any atom is 0.241 e. The van der Waals surface area contributed by atoms with Crippen molar-refractivity contribution in [3.8, 4) is 0 Å². The van der Waals surface area contributed by atoms with Crippen molar-refractivity contribution >= 4 is 17.3 Å². The van der Waals surface area contributed by atoms with Crippen LogP contribution in [0.5, 0.6) is 0 Å². The Bertz CT molecular complexity index is 510. The number of anilines is 2. The summed E-state index contributed by atoms with van der Waals surface area (Å²) in [6, 6.07) is 7.72. The summed E-state index contributed by atoms with van der Waals surface area (Å²) in [5.74, 6) is 0.376. The lowest BCUT2D eigenvalue weighted by molar-refractivity contribution is -0.123. The van der Waals surface area contributed by atoms with Crippen molar-refractivity contribution in [2.45, 2.75) is 39.2 Å². The zero-order valence-corrected chi connectivity index (χ0v) is 15.2. The number of nitrogens with zero attached hydrogens (tertiary/aromatic N) is 2. The Balaban J connectivity index is 2.01. The van der Waals surface area contributed by atoms with Gasteiger partial charge in [0, 0.05) is 25.0 Å². The number of carbonyl (C=O) groups is 1. The highest BCUT2D eigenvalue weighted by molar-refractivity contribution is 5.95. The van der Waals surface area contributed by atoms with Gasteiger partial charge in [-0.05, 0) is 56.1 Å². The van der Waals surface area contributed by atoms with Gasteiger partial charge in [-0.25, -0.2) is 0 Å². The van der Waals surface area contributed by atoms with E-state index in [1.54, 1.807) is 0 Å². The van der Waals surface area contributed by atoms with E-state index in [2.05, 4.69) is 24.1 Å². The van der Waals surface area contributed by atoms with E-state index in [0.717, 1.165) is 24.5 Å². The van der Waals surface area contributed by atoms with Crippen LogP contribution < -0.4 is 10.2 Å². The third-order valence-corrected chi connectivity index (χ3v) is 4.70. The van der Waals surface area contributed by atoms with E-state index >= 15 is 0 Å². The fraction of sp³-hybridized carbons (Fsp3) is 0.632. The molecule has 1 atom stereocenters. The SMILES string of the molecule is CC(C)C(C(=O)Nc1ccc(N(C)CCO)cc1)N1CCCCC1. The van der Waals surface area contributed by atoms with E-state index in [1.807, 2.05) is 36.2 Å². The fourth-order valence-corrected chi connectivity index (χ4v) is 3.38. The van der Waals surface area contributed by atoms with Crippen LogP contribution >= 0.6 is 0 Å². The number of aliphatic hydroxyl groups is 1. The highest BCUT2D eigenvalue weighted by Crippen LogP contribution is 2.21. The quantitative estimate of drug-likeness (QED) is 0.805. The zero-order valence-electron chi connectivity index (χ0n) is 15.2. The summed E-state index contributed by atoms with van der Waals surface area (Å²) in [4.78, 5) is 17.1. The Morgan fingerprint density at radius 3 is 2.38 bits per heavy atom. The number of benzene rings is 1. The minimum Gasteiger partial charge on any atom is -0.395 e. The maximum atomic E-state index is 12.8. The summed E-state index contributed by atoms with van der Waals surface area (Å²) in [5, 5.41) is 12.1. The molecule has 1 amide bonds. The van der Waals surface area contributed by atoms with E-state index in [4.69, 9.17) is 5.11 Å². The smallest absolute Gasteiger partial charge is 0.241 e. The van der Waals surface area contributed by atoms with Crippen molar-refractivity contribution in [1.29, 1.82) is 0 Å². The monoisotopic (exact) mass is 333 g/mol. The van der Waals surface area contributed by atoms with Gasteiger partial charge < -0.3 is 15.3 Å². The van der Waals surface area contributed by atoms with Gasteiger partial charge in [-0.3, -0.25) is 9.69 Å².